The highest BCUT2D eigenvalue weighted by Gasteiger charge is 2.54. The van der Waals surface area contributed by atoms with Gasteiger partial charge >= 0.3 is 5.97 Å². The summed E-state index contributed by atoms with van der Waals surface area (Å²) in [6.45, 7) is 0.0902. The lowest BCUT2D eigenvalue weighted by Crippen LogP contribution is -2.66. The third-order valence-corrected chi connectivity index (χ3v) is 3.16. The van der Waals surface area contributed by atoms with Crippen LogP contribution in [-0.4, -0.2) is 80.3 Å². The molecule has 6 atom stereocenters. The molecule has 1 aliphatic heterocycles. The number of nitrogens with one attached hydrogen (secondary N) is 1. The summed E-state index contributed by atoms with van der Waals surface area (Å²) in [5.74, 6) is -5.36. The number of hydrogen-bond donors (Lipinski definition) is 6. The molecule has 1 heterocycles. The molecule has 1 aliphatic rings. The van der Waals surface area contributed by atoms with Crippen LogP contribution >= 0.6 is 0 Å². The zero-order chi connectivity index (χ0) is 16.4. The Bertz CT molecular complexity index is 408. The van der Waals surface area contributed by atoms with Crippen LogP contribution in [0.15, 0.2) is 0 Å². The summed E-state index contributed by atoms with van der Waals surface area (Å²) in [5, 5.41) is 48.7. The van der Waals surface area contributed by atoms with Crippen molar-refractivity contribution in [2.75, 3.05) is 6.61 Å². The first-order valence-electron chi connectivity index (χ1n) is 6.14. The van der Waals surface area contributed by atoms with E-state index in [1.807, 2.05) is 0 Å². The quantitative estimate of drug-likeness (QED) is 0.316. The van der Waals surface area contributed by atoms with Gasteiger partial charge in [0.25, 0.3) is 5.79 Å². The van der Waals surface area contributed by atoms with E-state index >= 15 is 0 Å². The first kappa shape index (κ1) is 17.7. The molecule has 122 valence electrons. The van der Waals surface area contributed by atoms with Crippen LogP contribution in [0, 0.1) is 0 Å². The smallest absolute Gasteiger partial charge is 0.364 e. The van der Waals surface area contributed by atoms with Crippen molar-refractivity contribution in [1.82, 2.24) is 5.32 Å². The van der Waals surface area contributed by atoms with Gasteiger partial charge in [0.2, 0.25) is 5.91 Å². The lowest BCUT2D eigenvalue weighted by atomic mass is 9.89. The zero-order valence-corrected chi connectivity index (χ0v) is 11.1. The van der Waals surface area contributed by atoms with E-state index in [-0.39, 0.29) is 0 Å². The predicted molar refractivity (Wildman–Crippen MR) is 63.7 cm³/mol. The molecule has 0 aliphatic carbocycles. The summed E-state index contributed by atoms with van der Waals surface area (Å²) >= 11 is 0. The highest BCUT2D eigenvalue weighted by molar-refractivity contribution is 5.76. The van der Waals surface area contributed by atoms with Gasteiger partial charge in [0.1, 0.15) is 12.2 Å². The summed E-state index contributed by atoms with van der Waals surface area (Å²) < 4.78 is 18.8. The number of carboxylic acids is 1. The lowest BCUT2D eigenvalue weighted by molar-refractivity contribution is -0.289. The number of aliphatic hydroxyl groups excluding tert-OH is 3. The Morgan fingerprint density at radius 1 is 1.52 bits per heavy atom. The maximum atomic E-state index is 14.1. The molecule has 0 radical (unpaired) electrons. The Hall–Kier alpha value is -1.33. The summed E-state index contributed by atoms with van der Waals surface area (Å²) in [4.78, 5) is 22.0. The number of hydrogen-bond acceptors (Lipinski definition) is 7. The van der Waals surface area contributed by atoms with Gasteiger partial charge in [-0.05, 0) is 0 Å². The van der Waals surface area contributed by atoms with E-state index in [4.69, 9.17) is 14.9 Å². The maximum Gasteiger partial charge on any atom is 0.364 e. The van der Waals surface area contributed by atoms with Crippen molar-refractivity contribution in [2.24, 2.45) is 0 Å². The van der Waals surface area contributed by atoms with Gasteiger partial charge in [0, 0.05) is 13.3 Å². The van der Waals surface area contributed by atoms with E-state index in [9.17, 15) is 29.3 Å². The zero-order valence-electron chi connectivity index (χ0n) is 11.1. The van der Waals surface area contributed by atoms with Gasteiger partial charge < -0.3 is 35.6 Å². The molecular formula is C11H18FNO8. The van der Waals surface area contributed by atoms with Crippen LogP contribution < -0.4 is 5.32 Å². The number of carbonyl (C=O) groups is 2. The van der Waals surface area contributed by atoms with E-state index in [2.05, 4.69) is 5.32 Å². The van der Waals surface area contributed by atoms with Crippen LogP contribution in [0.4, 0.5) is 4.39 Å². The summed E-state index contributed by atoms with van der Waals surface area (Å²) in [6, 6.07) is -1.39. The van der Waals surface area contributed by atoms with Crippen LogP contribution in [0.5, 0.6) is 0 Å². The van der Waals surface area contributed by atoms with E-state index in [1.165, 1.54) is 0 Å². The highest BCUT2D eigenvalue weighted by atomic mass is 19.1. The molecule has 0 aromatic carbocycles. The number of aliphatic hydroxyl groups is 4. The predicted octanol–water partition coefficient (Wildman–Crippen LogP) is -2.89. The molecule has 0 aromatic rings. The van der Waals surface area contributed by atoms with Gasteiger partial charge in [0.05, 0.1) is 18.8 Å². The Labute approximate surface area is 119 Å². The van der Waals surface area contributed by atoms with Gasteiger partial charge in [-0.2, -0.15) is 0 Å². The number of ether oxygens (including phenoxy) is 1. The van der Waals surface area contributed by atoms with Gasteiger partial charge in [-0.25, -0.2) is 9.18 Å². The van der Waals surface area contributed by atoms with E-state index in [0.717, 1.165) is 6.92 Å². The summed E-state index contributed by atoms with van der Waals surface area (Å²) in [5.41, 5.74) is 0. The minimum atomic E-state index is -2.86. The van der Waals surface area contributed by atoms with Crippen molar-refractivity contribution < 1.29 is 44.2 Å². The van der Waals surface area contributed by atoms with Crippen LogP contribution in [0.25, 0.3) is 0 Å². The molecule has 21 heavy (non-hydrogen) atoms. The summed E-state index contributed by atoms with van der Waals surface area (Å²) in [6.07, 6.45) is -8.56. The number of carbonyl (C=O) groups excluding carboxylic acids is 1. The van der Waals surface area contributed by atoms with Crippen molar-refractivity contribution in [3.8, 4) is 0 Å². The van der Waals surface area contributed by atoms with E-state index < -0.39 is 61.2 Å². The van der Waals surface area contributed by atoms with Crippen molar-refractivity contribution >= 4 is 11.9 Å². The fourth-order valence-corrected chi connectivity index (χ4v) is 2.11. The Morgan fingerprint density at radius 2 is 2.10 bits per heavy atom. The van der Waals surface area contributed by atoms with Crippen molar-refractivity contribution in [3.05, 3.63) is 0 Å². The average Bonchev–Trinajstić information content (AvgIpc) is 2.39. The molecule has 1 saturated heterocycles. The fraction of sp³-hybridized carbons (Fsp3) is 0.818. The second-order valence-corrected chi connectivity index (χ2v) is 4.86. The van der Waals surface area contributed by atoms with Crippen LogP contribution in [-0.2, 0) is 14.3 Å². The molecule has 0 aromatic heterocycles. The molecule has 1 rings (SSSR count). The first-order chi connectivity index (χ1) is 9.62. The molecule has 1 amide bonds. The minimum absolute atomic E-state index is 0.654. The molecule has 0 saturated carbocycles. The van der Waals surface area contributed by atoms with Crippen LogP contribution in [0.2, 0.25) is 0 Å². The SMILES string of the molecule is CC(=O)N[C@H]1[C@H]([C@H](F)[C@H](O)CO)OC(O)(C(=O)O)C[C@@H]1O. The molecular weight excluding hydrogens is 293 g/mol. The van der Waals surface area contributed by atoms with Crippen molar-refractivity contribution in [2.45, 2.75) is 49.7 Å². The number of rotatable bonds is 5. The molecule has 1 unspecified atom stereocenters. The topological polar surface area (TPSA) is 157 Å². The van der Waals surface area contributed by atoms with Gasteiger partial charge in [0.15, 0.2) is 6.17 Å². The number of aliphatic carboxylic acids is 1. The lowest BCUT2D eigenvalue weighted by Gasteiger charge is -2.43. The largest absolute Gasteiger partial charge is 0.477 e. The fourth-order valence-electron chi connectivity index (χ4n) is 2.11. The van der Waals surface area contributed by atoms with Gasteiger partial charge in [-0.1, -0.05) is 0 Å². The third kappa shape index (κ3) is 3.86. The Kier molecular flexibility index (Phi) is 5.59. The van der Waals surface area contributed by atoms with E-state index in [1.54, 1.807) is 0 Å². The third-order valence-electron chi connectivity index (χ3n) is 3.16. The van der Waals surface area contributed by atoms with Crippen molar-refractivity contribution in [3.63, 3.8) is 0 Å². The van der Waals surface area contributed by atoms with Gasteiger partial charge in [-0.3, -0.25) is 4.79 Å². The second kappa shape index (κ2) is 6.62. The highest BCUT2D eigenvalue weighted by Crippen LogP contribution is 2.31. The average molecular weight is 311 g/mol. The van der Waals surface area contributed by atoms with Crippen LogP contribution in [0.1, 0.15) is 13.3 Å². The van der Waals surface area contributed by atoms with E-state index in [0.29, 0.717) is 0 Å². The molecule has 6 N–H and O–H groups in total. The molecule has 0 spiro atoms. The Morgan fingerprint density at radius 3 is 2.52 bits per heavy atom. The van der Waals surface area contributed by atoms with Crippen molar-refractivity contribution in [1.29, 1.82) is 0 Å². The molecule has 1 fully saturated rings. The maximum absolute atomic E-state index is 14.1. The number of halogens is 1. The minimum Gasteiger partial charge on any atom is -0.477 e. The van der Waals surface area contributed by atoms with Gasteiger partial charge in [-0.15, -0.1) is 0 Å². The summed E-state index contributed by atoms with van der Waals surface area (Å²) in [7, 11) is 0. The monoisotopic (exact) mass is 311 g/mol. The molecule has 9 nitrogen and oxygen atoms in total. The number of amides is 1. The molecule has 0 bridgehead atoms. The normalized spacial score (nSPS) is 35.8. The molecule has 10 heteroatoms. The Balaban J connectivity index is 3.07. The second-order valence-electron chi connectivity index (χ2n) is 4.86. The first-order valence-corrected chi connectivity index (χ1v) is 6.14. The number of alkyl halides is 1. The van der Waals surface area contributed by atoms with Crippen LogP contribution in [0.3, 0.4) is 0 Å². The number of carboxylic acid groups (broad SMARTS) is 1. The standard InChI is InChI=1S/C11H18FNO8/c1-4(15)13-8-5(16)2-11(20,10(18)19)21-9(8)7(12)6(17)3-14/h5-9,14,16-17,20H,2-3H2,1H3,(H,13,15)(H,18,19)/t5-,6+,7+,8+,9-,11?/m0/s1.